The molecule has 4 rings (SSSR count). The molecular weight excluding hydrogens is 447 g/mol. The summed E-state index contributed by atoms with van der Waals surface area (Å²) in [6.45, 7) is 7.12. The molecule has 2 aromatic heterocycles. The molecule has 2 N–H and O–H groups in total. The number of aliphatic hydroxyl groups excluding tert-OH is 1. The van der Waals surface area contributed by atoms with Crippen molar-refractivity contribution in [1.29, 1.82) is 0 Å². The molecule has 1 unspecified atom stereocenters. The van der Waals surface area contributed by atoms with Crippen LogP contribution < -0.4 is 5.32 Å². The van der Waals surface area contributed by atoms with Crippen LogP contribution in [0.5, 0.6) is 0 Å². The topological polar surface area (TPSA) is 84.4 Å². The normalized spacial score (nSPS) is 12.1. The Morgan fingerprint density at radius 2 is 1.82 bits per heavy atom. The van der Waals surface area contributed by atoms with Crippen molar-refractivity contribution in [3.8, 4) is 5.69 Å². The predicted octanol–water partition coefficient (Wildman–Crippen LogP) is 5.17. The quantitative estimate of drug-likeness (QED) is 0.400. The molecule has 1 atom stereocenters. The molecule has 170 valence electrons. The van der Waals surface area contributed by atoms with Gasteiger partial charge >= 0.3 is 6.18 Å². The van der Waals surface area contributed by atoms with Gasteiger partial charge in [-0.1, -0.05) is 30.3 Å². The highest BCUT2D eigenvalue weighted by Gasteiger charge is 2.36. The van der Waals surface area contributed by atoms with E-state index in [0.717, 1.165) is 4.68 Å². The number of amides is 1. The maximum absolute atomic E-state index is 13.3. The number of benzene rings is 2. The van der Waals surface area contributed by atoms with Crippen LogP contribution in [0, 0.1) is 6.57 Å². The third-order valence-electron chi connectivity index (χ3n) is 4.90. The molecule has 0 radical (unpaired) electrons. The monoisotopic (exact) mass is 463 g/mol. The number of alkyl halides is 3. The summed E-state index contributed by atoms with van der Waals surface area (Å²) in [4.78, 5) is 20.2. The number of nitrogens with one attached hydrogen (secondary N) is 1. The second-order valence-corrected chi connectivity index (χ2v) is 7.22. The van der Waals surface area contributed by atoms with Crippen molar-refractivity contribution in [1.82, 2.24) is 14.8 Å². The fourth-order valence-electron chi connectivity index (χ4n) is 3.28. The molecule has 10 heteroatoms. The molecule has 34 heavy (non-hydrogen) atoms. The Hall–Kier alpha value is -4.49. The lowest BCUT2D eigenvalue weighted by atomic mass is 10.0. The Morgan fingerprint density at radius 3 is 2.53 bits per heavy atom. The molecule has 4 aromatic rings. The lowest BCUT2D eigenvalue weighted by Crippen LogP contribution is -2.17. The summed E-state index contributed by atoms with van der Waals surface area (Å²) >= 11 is 0. The summed E-state index contributed by atoms with van der Waals surface area (Å²) in [7, 11) is 0. The molecule has 0 aliphatic carbocycles. The van der Waals surface area contributed by atoms with Gasteiger partial charge < -0.3 is 10.4 Å². The zero-order valence-electron chi connectivity index (χ0n) is 17.4. The highest BCUT2D eigenvalue weighted by atomic mass is 19.4. The first kappa shape index (κ1) is 22.7. The van der Waals surface area contributed by atoms with Crippen LogP contribution in [0.4, 0.5) is 24.5 Å². The van der Waals surface area contributed by atoms with E-state index >= 15 is 0 Å². The van der Waals surface area contributed by atoms with Crippen LogP contribution in [0.25, 0.3) is 10.5 Å². The second kappa shape index (κ2) is 9.17. The van der Waals surface area contributed by atoms with Gasteiger partial charge in [0, 0.05) is 29.7 Å². The van der Waals surface area contributed by atoms with Crippen LogP contribution in [0.3, 0.4) is 0 Å². The van der Waals surface area contributed by atoms with Crippen molar-refractivity contribution in [2.75, 3.05) is 5.32 Å². The number of hydrogen-bond acceptors (Lipinski definition) is 4. The van der Waals surface area contributed by atoms with Crippen molar-refractivity contribution in [2.24, 2.45) is 0 Å². The van der Waals surface area contributed by atoms with Crippen molar-refractivity contribution in [2.45, 2.75) is 12.3 Å². The van der Waals surface area contributed by atoms with Crippen LogP contribution >= 0.6 is 0 Å². The van der Waals surface area contributed by atoms with E-state index in [9.17, 15) is 23.1 Å². The molecule has 0 aliphatic rings. The van der Waals surface area contributed by atoms with Gasteiger partial charge in [0.2, 0.25) is 0 Å². The van der Waals surface area contributed by atoms with Gasteiger partial charge in [0.15, 0.2) is 11.4 Å². The van der Waals surface area contributed by atoms with Gasteiger partial charge in [-0.05, 0) is 35.9 Å². The van der Waals surface area contributed by atoms with Gasteiger partial charge in [0.05, 0.1) is 12.3 Å². The largest absolute Gasteiger partial charge is 0.435 e. The number of pyridine rings is 1. The molecule has 0 fully saturated rings. The first-order valence-corrected chi connectivity index (χ1v) is 9.91. The van der Waals surface area contributed by atoms with E-state index in [2.05, 4.69) is 20.2 Å². The van der Waals surface area contributed by atoms with E-state index in [1.165, 1.54) is 36.5 Å². The van der Waals surface area contributed by atoms with Crippen LogP contribution in [0.1, 0.15) is 33.4 Å². The van der Waals surface area contributed by atoms with E-state index in [-0.39, 0.29) is 22.8 Å². The zero-order valence-corrected chi connectivity index (χ0v) is 17.4. The van der Waals surface area contributed by atoms with Crippen LogP contribution in [-0.2, 0) is 6.18 Å². The van der Waals surface area contributed by atoms with Gasteiger partial charge in [-0.15, -0.1) is 0 Å². The average molecular weight is 463 g/mol. The summed E-state index contributed by atoms with van der Waals surface area (Å²) < 4.78 is 40.9. The third-order valence-corrected chi connectivity index (χ3v) is 4.90. The standard InChI is InChI=1S/C24H16F3N5O2/c1-28-17-7-3-9-19(12-17)32-20(13-21(31-32)24(25,26)27)23(34)30-18-8-2-5-15(11-18)22(33)16-6-4-10-29-14-16/h2-14,22,33H,(H,30,34). The first-order chi connectivity index (χ1) is 16.3. The molecule has 2 aromatic carbocycles. The van der Waals surface area contributed by atoms with E-state index in [4.69, 9.17) is 6.57 Å². The van der Waals surface area contributed by atoms with Gasteiger partial charge in [-0.3, -0.25) is 9.78 Å². The summed E-state index contributed by atoms with van der Waals surface area (Å²) in [5.41, 5.74) is -0.0283. The minimum atomic E-state index is -4.77. The minimum Gasteiger partial charge on any atom is -0.384 e. The number of anilines is 1. The first-order valence-electron chi connectivity index (χ1n) is 9.91. The SMILES string of the molecule is [C-]#[N+]c1cccc(-n2nc(C(F)(F)F)cc2C(=O)Nc2cccc(C(O)c3cccnc3)c2)c1. The van der Waals surface area contributed by atoms with Gasteiger partial charge in [0.25, 0.3) is 5.91 Å². The van der Waals surface area contributed by atoms with E-state index < -0.39 is 23.9 Å². The zero-order chi connectivity index (χ0) is 24.3. The molecule has 0 saturated heterocycles. The smallest absolute Gasteiger partial charge is 0.384 e. The lowest BCUT2D eigenvalue weighted by molar-refractivity contribution is -0.141. The summed E-state index contributed by atoms with van der Waals surface area (Å²) in [5.74, 6) is -0.843. The number of hydrogen-bond donors (Lipinski definition) is 2. The van der Waals surface area contributed by atoms with Crippen molar-refractivity contribution in [3.63, 3.8) is 0 Å². The lowest BCUT2D eigenvalue weighted by Gasteiger charge is -2.13. The summed E-state index contributed by atoms with van der Waals surface area (Å²) in [6, 6.07) is 16.1. The number of aromatic nitrogens is 3. The number of halogens is 3. The average Bonchev–Trinajstić information content (AvgIpc) is 3.31. The Kier molecular flexibility index (Phi) is 6.12. The molecule has 0 saturated carbocycles. The van der Waals surface area contributed by atoms with Gasteiger partial charge in [0.1, 0.15) is 11.8 Å². The molecule has 0 aliphatic heterocycles. The highest BCUT2D eigenvalue weighted by molar-refractivity contribution is 6.03. The third kappa shape index (κ3) is 4.79. The maximum atomic E-state index is 13.3. The number of rotatable bonds is 5. The molecule has 2 heterocycles. The number of carbonyl (C=O) groups is 1. The number of aliphatic hydroxyl groups is 1. The summed E-state index contributed by atoms with van der Waals surface area (Å²) in [5, 5.41) is 16.7. The molecule has 0 bridgehead atoms. The van der Waals surface area contributed by atoms with Crippen molar-refractivity contribution >= 4 is 17.3 Å². The molecule has 1 amide bonds. The Morgan fingerprint density at radius 1 is 1.06 bits per heavy atom. The van der Waals surface area contributed by atoms with Crippen LogP contribution in [0.2, 0.25) is 0 Å². The molecular formula is C24H16F3N5O2. The predicted molar refractivity (Wildman–Crippen MR) is 118 cm³/mol. The number of nitrogens with zero attached hydrogens (tertiary/aromatic N) is 4. The Balaban J connectivity index is 1.67. The fraction of sp³-hybridized carbons (Fsp3) is 0.0833. The van der Waals surface area contributed by atoms with Crippen molar-refractivity contribution < 1.29 is 23.1 Å². The highest BCUT2D eigenvalue weighted by Crippen LogP contribution is 2.31. The van der Waals surface area contributed by atoms with Gasteiger partial charge in [-0.2, -0.15) is 18.3 Å². The Labute approximate surface area is 191 Å². The van der Waals surface area contributed by atoms with E-state index in [1.807, 2.05) is 0 Å². The van der Waals surface area contributed by atoms with Crippen molar-refractivity contribution in [3.05, 3.63) is 113 Å². The molecule has 0 spiro atoms. The summed E-state index contributed by atoms with van der Waals surface area (Å²) in [6.07, 6.45) is -2.71. The van der Waals surface area contributed by atoms with Gasteiger partial charge in [-0.25, -0.2) is 9.53 Å². The minimum absolute atomic E-state index is 0.134. The number of carbonyl (C=O) groups excluding carboxylic acids is 1. The van der Waals surface area contributed by atoms with Crippen LogP contribution in [-0.4, -0.2) is 25.8 Å². The fourth-order valence-corrected chi connectivity index (χ4v) is 3.28. The molecule has 7 nitrogen and oxygen atoms in total. The van der Waals surface area contributed by atoms with E-state index in [1.54, 1.807) is 36.5 Å². The maximum Gasteiger partial charge on any atom is 0.435 e. The Bertz CT molecular complexity index is 1380. The van der Waals surface area contributed by atoms with E-state index in [0.29, 0.717) is 17.2 Å². The van der Waals surface area contributed by atoms with Crippen LogP contribution in [0.15, 0.2) is 79.1 Å². The second-order valence-electron chi connectivity index (χ2n) is 7.22.